The minimum absolute atomic E-state index is 0. The van der Waals surface area contributed by atoms with Crippen LogP contribution in [0.4, 0.5) is 5.69 Å². The molecule has 0 bridgehead atoms. The molecule has 0 aliphatic carbocycles. The Balaban J connectivity index is 0.00000128. The Kier molecular flexibility index (Phi) is 5.22. The number of hydrogen-bond acceptors (Lipinski definition) is 2. The monoisotopic (exact) mass is 383 g/mol. The molecule has 1 aromatic carbocycles. The van der Waals surface area contributed by atoms with Crippen LogP contribution in [-0.2, 0) is 22.4 Å². The molecule has 0 saturated carbocycles. The number of hydrogen-bond donors (Lipinski definition) is 2. The Morgan fingerprint density at radius 3 is 2.50 bits per heavy atom. The molecule has 3 nitrogen and oxygen atoms in total. The van der Waals surface area contributed by atoms with E-state index >= 15 is 0 Å². The van der Waals surface area contributed by atoms with E-state index in [2.05, 4.69) is 5.32 Å². The van der Waals surface area contributed by atoms with Crippen LogP contribution >= 0.6 is 0 Å². The second-order valence-electron chi connectivity index (χ2n) is 3.98. The molecule has 0 aromatic heterocycles. The van der Waals surface area contributed by atoms with E-state index < -0.39 is 0 Å². The second kappa shape index (κ2) is 6.21. The third-order valence-electron chi connectivity index (χ3n) is 2.96. The SMILES string of the molecule is N=C(c1ccccc1[NH-])C1CCNCC1.[Ta]. The predicted octanol–water partition coefficient (Wildman–Crippen LogP) is 2.74. The summed E-state index contributed by atoms with van der Waals surface area (Å²) in [5, 5.41) is 11.4. The summed E-state index contributed by atoms with van der Waals surface area (Å²) in [5.74, 6) is 0.331. The van der Waals surface area contributed by atoms with E-state index in [-0.39, 0.29) is 22.4 Å². The van der Waals surface area contributed by atoms with Crippen LogP contribution < -0.4 is 5.32 Å². The van der Waals surface area contributed by atoms with Gasteiger partial charge in [-0.25, -0.2) is 0 Å². The van der Waals surface area contributed by atoms with Crippen molar-refractivity contribution in [2.75, 3.05) is 13.1 Å². The van der Waals surface area contributed by atoms with Crippen LogP contribution in [0.5, 0.6) is 0 Å². The fourth-order valence-corrected chi connectivity index (χ4v) is 2.05. The molecule has 3 N–H and O–H groups in total. The quantitative estimate of drug-likeness (QED) is 0.759. The van der Waals surface area contributed by atoms with Crippen LogP contribution in [-0.4, -0.2) is 18.8 Å². The summed E-state index contributed by atoms with van der Waals surface area (Å²) in [5.41, 5.74) is 9.67. The molecule has 1 heterocycles. The van der Waals surface area contributed by atoms with Crippen molar-refractivity contribution in [3.63, 3.8) is 0 Å². The van der Waals surface area contributed by atoms with Crippen molar-refractivity contribution in [2.45, 2.75) is 12.8 Å². The number of benzene rings is 1. The van der Waals surface area contributed by atoms with Crippen molar-refractivity contribution in [1.29, 1.82) is 5.41 Å². The van der Waals surface area contributed by atoms with Crippen LogP contribution in [0.3, 0.4) is 0 Å². The van der Waals surface area contributed by atoms with Gasteiger partial charge in [-0.05, 0) is 31.5 Å². The van der Waals surface area contributed by atoms with Crippen molar-refractivity contribution in [3.8, 4) is 0 Å². The normalized spacial score (nSPS) is 16.5. The Hall–Kier alpha value is -0.610. The first-order chi connectivity index (χ1) is 7.29. The van der Waals surface area contributed by atoms with E-state index in [9.17, 15) is 0 Å². The number of rotatable bonds is 2. The minimum Gasteiger partial charge on any atom is -0.698 e. The Labute approximate surface area is 112 Å². The smallest absolute Gasteiger partial charge is 0.0405 e. The third kappa shape index (κ3) is 2.95. The Morgan fingerprint density at radius 1 is 1.25 bits per heavy atom. The van der Waals surface area contributed by atoms with Crippen molar-refractivity contribution in [2.24, 2.45) is 5.92 Å². The average molecular weight is 383 g/mol. The first-order valence-electron chi connectivity index (χ1n) is 5.39. The summed E-state index contributed by atoms with van der Waals surface area (Å²) in [7, 11) is 0. The summed E-state index contributed by atoms with van der Waals surface area (Å²) in [6.07, 6.45) is 2.04. The zero-order valence-electron chi connectivity index (χ0n) is 9.16. The van der Waals surface area contributed by atoms with Gasteiger partial charge < -0.3 is 16.5 Å². The van der Waals surface area contributed by atoms with E-state index in [0.29, 0.717) is 17.3 Å². The van der Waals surface area contributed by atoms with Crippen molar-refractivity contribution in [1.82, 2.24) is 5.32 Å². The van der Waals surface area contributed by atoms with Gasteiger partial charge in [0.1, 0.15) is 0 Å². The van der Waals surface area contributed by atoms with Crippen LogP contribution in [0.2, 0.25) is 0 Å². The molecule has 1 saturated heterocycles. The molecular formula is C12H16N3Ta-. The molecule has 16 heavy (non-hydrogen) atoms. The van der Waals surface area contributed by atoms with Crippen LogP contribution in [0.1, 0.15) is 18.4 Å². The van der Waals surface area contributed by atoms with Crippen LogP contribution in [0, 0.1) is 11.3 Å². The number of piperidine rings is 1. The maximum atomic E-state index is 8.12. The third-order valence-corrected chi connectivity index (χ3v) is 2.96. The molecule has 1 aliphatic rings. The molecule has 2 rings (SSSR count). The maximum Gasteiger partial charge on any atom is 0.0405 e. The van der Waals surface area contributed by atoms with Gasteiger partial charge in [0.25, 0.3) is 0 Å². The maximum absolute atomic E-state index is 8.12. The zero-order valence-corrected chi connectivity index (χ0v) is 12.4. The van der Waals surface area contributed by atoms with Gasteiger partial charge in [-0.2, -0.15) is 0 Å². The van der Waals surface area contributed by atoms with Gasteiger partial charge in [0, 0.05) is 34.0 Å². The number of nitrogens with one attached hydrogen (secondary N) is 3. The first-order valence-corrected chi connectivity index (χ1v) is 5.39. The Morgan fingerprint density at radius 2 is 1.88 bits per heavy atom. The molecule has 1 fully saturated rings. The van der Waals surface area contributed by atoms with Crippen molar-refractivity contribution >= 4 is 11.4 Å². The van der Waals surface area contributed by atoms with Gasteiger partial charge in [-0.1, -0.05) is 24.3 Å². The topological polar surface area (TPSA) is 59.7 Å². The summed E-state index contributed by atoms with van der Waals surface area (Å²) in [4.78, 5) is 0. The van der Waals surface area contributed by atoms with Gasteiger partial charge in [0.2, 0.25) is 0 Å². The van der Waals surface area contributed by atoms with E-state index in [1.165, 1.54) is 0 Å². The van der Waals surface area contributed by atoms with Gasteiger partial charge in [0.15, 0.2) is 0 Å². The Bertz CT molecular complexity index is 359. The van der Waals surface area contributed by atoms with E-state index in [1.807, 2.05) is 18.2 Å². The summed E-state index contributed by atoms with van der Waals surface area (Å²) < 4.78 is 0. The van der Waals surface area contributed by atoms with Gasteiger partial charge in [-0.3, -0.25) is 0 Å². The molecule has 1 aliphatic heterocycles. The van der Waals surface area contributed by atoms with E-state index in [1.54, 1.807) is 6.07 Å². The van der Waals surface area contributed by atoms with E-state index in [0.717, 1.165) is 31.5 Å². The predicted molar refractivity (Wildman–Crippen MR) is 62.8 cm³/mol. The largest absolute Gasteiger partial charge is 0.698 e. The molecule has 1 radical (unpaired) electrons. The molecular weight excluding hydrogens is 367 g/mol. The van der Waals surface area contributed by atoms with Gasteiger partial charge in [-0.15, -0.1) is 5.69 Å². The van der Waals surface area contributed by atoms with Gasteiger partial charge in [0.05, 0.1) is 0 Å². The molecule has 0 amide bonds. The minimum atomic E-state index is 0. The zero-order chi connectivity index (χ0) is 10.7. The summed E-state index contributed by atoms with van der Waals surface area (Å²) >= 11 is 0. The molecule has 0 atom stereocenters. The average Bonchev–Trinajstić information content (AvgIpc) is 2.30. The fraction of sp³-hybridized carbons (Fsp3) is 0.417. The summed E-state index contributed by atoms with van der Waals surface area (Å²) in [6.45, 7) is 1.99. The molecule has 85 valence electrons. The van der Waals surface area contributed by atoms with Crippen molar-refractivity contribution < 1.29 is 22.4 Å². The molecule has 1 aromatic rings. The molecule has 4 heteroatoms. The molecule has 0 unspecified atom stereocenters. The van der Waals surface area contributed by atoms with Gasteiger partial charge >= 0.3 is 0 Å². The van der Waals surface area contributed by atoms with Crippen LogP contribution in [0.25, 0.3) is 5.73 Å². The van der Waals surface area contributed by atoms with E-state index in [4.69, 9.17) is 11.1 Å². The second-order valence-corrected chi connectivity index (χ2v) is 3.98. The van der Waals surface area contributed by atoms with Crippen molar-refractivity contribution in [3.05, 3.63) is 35.6 Å². The summed E-state index contributed by atoms with van der Waals surface area (Å²) in [6, 6.07) is 7.39. The fourth-order valence-electron chi connectivity index (χ4n) is 2.05. The first kappa shape index (κ1) is 13.5. The standard InChI is InChI=1S/C12H16N3.Ta/c13-11-4-2-1-3-10(11)12(14)9-5-7-15-8-6-9;/h1-4,9,13-15H,5-8H2;/q-1;. The van der Waals surface area contributed by atoms with Crippen LogP contribution in [0.15, 0.2) is 24.3 Å². The molecule has 0 spiro atoms.